The van der Waals surface area contributed by atoms with Crippen LogP contribution in [0.3, 0.4) is 0 Å². The van der Waals surface area contributed by atoms with Gasteiger partial charge in [-0.1, -0.05) is 17.7 Å². The molecule has 0 aliphatic rings. The summed E-state index contributed by atoms with van der Waals surface area (Å²) in [6, 6.07) is 9.76. The molecule has 29 heavy (non-hydrogen) atoms. The Labute approximate surface area is 169 Å². The molecule has 0 saturated carbocycles. The van der Waals surface area contributed by atoms with Gasteiger partial charge in [-0.2, -0.15) is 18.4 Å². The second-order valence-electron chi connectivity index (χ2n) is 6.03. The Morgan fingerprint density at radius 3 is 2.45 bits per heavy atom. The zero-order chi connectivity index (χ0) is 21.2. The van der Waals surface area contributed by atoms with Crippen LogP contribution in [0.5, 0.6) is 0 Å². The highest BCUT2D eigenvalue weighted by atomic mass is 35.5. The number of halogens is 4. The van der Waals surface area contributed by atoms with E-state index >= 15 is 0 Å². The first kappa shape index (κ1) is 20.4. The highest BCUT2D eigenvalue weighted by Gasteiger charge is 2.30. The Morgan fingerprint density at radius 2 is 1.86 bits per heavy atom. The van der Waals surface area contributed by atoms with E-state index in [1.807, 2.05) is 6.07 Å². The van der Waals surface area contributed by atoms with Gasteiger partial charge in [0, 0.05) is 11.3 Å². The van der Waals surface area contributed by atoms with Gasteiger partial charge in [-0.3, -0.25) is 0 Å². The van der Waals surface area contributed by atoms with E-state index in [1.54, 1.807) is 32.1 Å². The molecule has 3 aromatic rings. The van der Waals surface area contributed by atoms with Crippen LogP contribution in [0.4, 0.5) is 18.9 Å². The van der Waals surface area contributed by atoms with E-state index in [1.165, 1.54) is 12.1 Å². The van der Waals surface area contributed by atoms with Crippen molar-refractivity contribution in [3.63, 3.8) is 0 Å². The third-order valence-electron chi connectivity index (χ3n) is 4.18. The predicted octanol–water partition coefficient (Wildman–Crippen LogP) is 6.06. The van der Waals surface area contributed by atoms with Crippen LogP contribution in [0.25, 0.3) is 17.2 Å². The van der Waals surface area contributed by atoms with Crippen molar-refractivity contribution in [2.24, 2.45) is 0 Å². The van der Waals surface area contributed by atoms with Gasteiger partial charge in [0.15, 0.2) is 0 Å². The molecule has 1 aromatic heterocycles. The summed E-state index contributed by atoms with van der Waals surface area (Å²) < 4.78 is 43.7. The van der Waals surface area contributed by atoms with Crippen molar-refractivity contribution < 1.29 is 17.6 Å². The molecule has 0 saturated heterocycles. The summed E-state index contributed by atoms with van der Waals surface area (Å²) in [5.41, 5.74) is 1.78. The number of alkyl halides is 3. The van der Waals surface area contributed by atoms with Gasteiger partial charge in [-0.05, 0) is 55.8 Å². The number of nitriles is 1. The molecular weight excluding hydrogens is 405 g/mol. The summed E-state index contributed by atoms with van der Waals surface area (Å²) in [5, 5.41) is 20.4. The second-order valence-corrected chi connectivity index (χ2v) is 6.40. The van der Waals surface area contributed by atoms with Crippen molar-refractivity contribution >= 4 is 23.0 Å². The Morgan fingerprint density at radius 1 is 1.17 bits per heavy atom. The second kappa shape index (κ2) is 7.97. The average Bonchev–Trinajstić information content (AvgIpc) is 3.18. The van der Waals surface area contributed by atoms with Gasteiger partial charge in [0.05, 0.1) is 21.8 Å². The summed E-state index contributed by atoms with van der Waals surface area (Å²) in [4.78, 5) is 0. The number of hydrogen-bond acceptors (Lipinski definition) is 5. The summed E-state index contributed by atoms with van der Waals surface area (Å²) in [6.07, 6.45) is -2.71. The lowest BCUT2D eigenvalue weighted by atomic mass is 10.1. The fourth-order valence-corrected chi connectivity index (χ4v) is 2.76. The van der Waals surface area contributed by atoms with E-state index in [0.29, 0.717) is 33.1 Å². The highest BCUT2D eigenvalue weighted by molar-refractivity contribution is 6.32. The van der Waals surface area contributed by atoms with Crippen LogP contribution in [-0.2, 0) is 6.18 Å². The first-order chi connectivity index (χ1) is 13.7. The van der Waals surface area contributed by atoms with Crippen LogP contribution in [0, 0.1) is 18.3 Å². The number of anilines is 1. The van der Waals surface area contributed by atoms with E-state index in [9.17, 15) is 13.2 Å². The molecule has 5 nitrogen and oxygen atoms in total. The number of aromatic nitrogens is 2. The smallest absolute Gasteiger partial charge is 0.415 e. The molecule has 0 bridgehead atoms. The molecule has 0 aliphatic heterocycles. The Balaban J connectivity index is 1.85. The SMILES string of the molecule is C/C=C(\Nc1ccc(C#N)c(Cl)c1C)c1nnc(-c2ccc(C(F)(F)F)cc2)o1. The molecular formula is C20H14ClF3N4O. The van der Waals surface area contributed by atoms with E-state index < -0.39 is 11.7 Å². The summed E-state index contributed by atoms with van der Waals surface area (Å²) in [5.74, 6) is 0.242. The molecule has 0 unspecified atom stereocenters. The Bertz CT molecular complexity index is 1110. The van der Waals surface area contributed by atoms with Crippen LogP contribution in [0.15, 0.2) is 46.9 Å². The maximum absolute atomic E-state index is 12.7. The van der Waals surface area contributed by atoms with Crippen LogP contribution in [-0.4, -0.2) is 10.2 Å². The van der Waals surface area contributed by atoms with E-state index in [2.05, 4.69) is 15.5 Å². The average molecular weight is 419 g/mol. The molecule has 0 fully saturated rings. The Kier molecular flexibility index (Phi) is 5.62. The van der Waals surface area contributed by atoms with E-state index in [0.717, 1.165) is 12.1 Å². The van der Waals surface area contributed by atoms with Crippen LogP contribution in [0.2, 0.25) is 5.02 Å². The lowest BCUT2D eigenvalue weighted by molar-refractivity contribution is -0.137. The largest absolute Gasteiger partial charge is 0.416 e. The minimum atomic E-state index is -4.42. The van der Waals surface area contributed by atoms with Gasteiger partial charge in [-0.15, -0.1) is 10.2 Å². The monoisotopic (exact) mass is 418 g/mol. The first-order valence-corrected chi connectivity index (χ1v) is 8.76. The minimum Gasteiger partial charge on any atom is -0.415 e. The molecule has 9 heteroatoms. The van der Waals surface area contributed by atoms with E-state index in [4.69, 9.17) is 21.3 Å². The Hall–Kier alpha value is -3.31. The third-order valence-corrected chi connectivity index (χ3v) is 4.67. The predicted molar refractivity (Wildman–Crippen MR) is 103 cm³/mol. The fraction of sp³-hybridized carbons (Fsp3) is 0.150. The van der Waals surface area contributed by atoms with Crippen LogP contribution in [0.1, 0.15) is 29.5 Å². The standard InChI is InChI=1S/C20H14ClF3N4O/c1-3-15(26-16-9-6-13(10-25)17(21)11(16)2)19-28-27-18(29-19)12-4-7-14(8-5-12)20(22,23)24/h3-9,26H,1-2H3/b15-3-. The summed E-state index contributed by atoms with van der Waals surface area (Å²) in [6.45, 7) is 3.52. The van der Waals surface area contributed by atoms with Crippen molar-refractivity contribution in [1.82, 2.24) is 10.2 Å². The molecule has 0 radical (unpaired) electrons. The number of nitrogens with zero attached hydrogens (tertiary/aromatic N) is 3. The van der Waals surface area contributed by atoms with Crippen molar-refractivity contribution in [1.29, 1.82) is 5.26 Å². The van der Waals surface area contributed by atoms with Gasteiger partial charge in [0.25, 0.3) is 5.89 Å². The number of nitrogens with one attached hydrogen (secondary N) is 1. The van der Waals surface area contributed by atoms with Gasteiger partial charge in [-0.25, -0.2) is 0 Å². The number of rotatable bonds is 4. The molecule has 1 heterocycles. The zero-order valence-corrected chi connectivity index (χ0v) is 16.1. The number of benzene rings is 2. The quantitative estimate of drug-likeness (QED) is 0.557. The summed E-state index contributed by atoms with van der Waals surface area (Å²) >= 11 is 6.19. The van der Waals surface area contributed by atoms with Crippen molar-refractivity contribution in [2.45, 2.75) is 20.0 Å². The van der Waals surface area contributed by atoms with Crippen molar-refractivity contribution in [3.8, 4) is 17.5 Å². The van der Waals surface area contributed by atoms with E-state index in [-0.39, 0.29) is 11.8 Å². The third kappa shape index (κ3) is 4.25. The van der Waals surface area contributed by atoms with Crippen molar-refractivity contribution in [3.05, 3.63) is 70.1 Å². The topological polar surface area (TPSA) is 74.7 Å². The first-order valence-electron chi connectivity index (χ1n) is 8.38. The van der Waals surface area contributed by atoms with Crippen LogP contribution < -0.4 is 5.32 Å². The number of hydrogen-bond donors (Lipinski definition) is 1. The van der Waals surface area contributed by atoms with Gasteiger partial charge < -0.3 is 9.73 Å². The lowest BCUT2D eigenvalue weighted by Crippen LogP contribution is -2.03. The zero-order valence-electron chi connectivity index (χ0n) is 15.3. The molecule has 0 aliphatic carbocycles. The number of allylic oxidation sites excluding steroid dienone is 1. The van der Waals surface area contributed by atoms with Crippen LogP contribution >= 0.6 is 11.6 Å². The molecule has 1 N–H and O–H groups in total. The van der Waals surface area contributed by atoms with Gasteiger partial charge in [0.1, 0.15) is 6.07 Å². The lowest BCUT2D eigenvalue weighted by Gasteiger charge is -2.12. The fourth-order valence-electron chi connectivity index (χ4n) is 2.55. The normalized spacial score (nSPS) is 12.0. The molecule has 2 aromatic carbocycles. The van der Waals surface area contributed by atoms with Crippen molar-refractivity contribution in [2.75, 3.05) is 5.32 Å². The molecule has 3 rings (SSSR count). The molecule has 0 spiro atoms. The molecule has 148 valence electrons. The highest BCUT2D eigenvalue weighted by Crippen LogP contribution is 2.32. The van der Waals surface area contributed by atoms with Gasteiger partial charge in [0.2, 0.25) is 5.89 Å². The minimum absolute atomic E-state index is 0.0875. The molecule has 0 amide bonds. The summed E-state index contributed by atoms with van der Waals surface area (Å²) in [7, 11) is 0. The maximum Gasteiger partial charge on any atom is 0.416 e. The maximum atomic E-state index is 12.7. The molecule has 0 atom stereocenters. The van der Waals surface area contributed by atoms with Gasteiger partial charge >= 0.3 is 6.18 Å².